The number of thioether (sulfide) groups is 2. The number of fused-ring (bicyclic) bond motifs is 1. The van der Waals surface area contributed by atoms with Gasteiger partial charge >= 0.3 is 23.1 Å². The van der Waals surface area contributed by atoms with Crippen LogP contribution >= 0.6 is 34.9 Å². The number of nitrogen functional groups attached to an aromatic ring is 1. The lowest BCUT2D eigenvalue weighted by molar-refractivity contribution is -0.150. The maximum absolute atomic E-state index is 13.0. The Morgan fingerprint density at radius 1 is 1.35 bits per heavy atom. The number of esters is 1. The van der Waals surface area contributed by atoms with Gasteiger partial charge in [-0.2, -0.15) is 0 Å². The zero-order chi connectivity index (χ0) is 31.3. The molecule has 21 heteroatoms. The number of H-pyrrole nitrogens is 1. The van der Waals surface area contributed by atoms with E-state index in [1.807, 2.05) is 0 Å². The molecule has 2 aliphatic heterocycles. The van der Waals surface area contributed by atoms with Crippen molar-refractivity contribution in [1.29, 1.82) is 0 Å². The topological polar surface area (TPSA) is 267 Å². The molecule has 0 aromatic carbocycles. The molecule has 2 unspecified atom stereocenters. The van der Waals surface area contributed by atoms with Crippen molar-refractivity contribution in [2.24, 2.45) is 10.9 Å². The number of nitrogens with one attached hydrogen (secondary N) is 2. The van der Waals surface area contributed by atoms with Crippen LogP contribution in [0.25, 0.3) is 0 Å². The Balaban J connectivity index is 1.49. The molecular weight excluding hydrogens is 630 g/mol. The van der Waals surface area contributed by atoms with Crippen LogP contribution in [0.2, 0.25) is 0 Å². The third kappa shape index (κ3) is 6.79. The van der Waals surface area contributed by atoms with Gasteiger partial charge in [-0.25, -0.2) is 14.9 Å². The van der Waals surface area contributed by atoms with E-state index in [0.717, 1.165) is 32.6 Å². The van der Waals surface area contributed by atoms with E-state index in [9.17, 15) is 33.9 Å². The fourth-order valence-corrected chi connectivity index (χ4v) is 6.48. The first-order valence-corrected chi connectivity index (χ1v) is 14.8. The Morgan fingerprint density at radius 2 is 2.12 bits per heavy atom. The van der Waals surface area contributed by atoms with Crippen molar-refractivity contribution in [2.45, 2.75) is 23.1 Å². The summed E-state index contributed by atoms with van der Waals surface area (Å²) in [7, 11) is 1.24. The number of carbonyl (C=O) groups is 4. The molecule has 2 amide bonds. The Morgan fingerprint density at radius 3 is 2.77 bits per heavy atom. The molecule has 4 heterocycles. The molecule has 0 spiro atoms. The van der Waals surface area contributed by atoms with Gasteiger partial charge in [-0.3, -0.25) is 33.4 Å². The minimum Gasteiger partial charge on any atom is -0.477 e. The number of nitrogens with two attached hydrogens (primary N) is 2. The highest BCUT2D eigenvalue weighted by Crippen LogP contribution is 2.41. The van der Waals surface area contributed by atoms with Crippen LogP contribution in [0, 0.1) is 0 Å². The molecule has 2 aromatic rings. The number of carboxylic acid groups (broad SMARTS) is 1. The standard InChI is InChI=1S/C22H23N9O9S3/c1-39-29-12(10-8-43-21(24)25-10)15(33)26-13-17(35)31-14(20(37)38)9(7-42-19(13)31)2-5-41-22-28-27-16(34)18(36)30(22)3-4-40-11(32)6-23/h2,5,8,13,19H,3-4,6-7,23H2,1H3,(H2,24,25)(H,26,33)(H,27,34)(H,37,38). The number of oxime groups is 1. The normalized spacial score (nSPS) is 18.3. The first kappa shape index (κ1) is 31.5. The molecule has 4 rings (SSSR count). The van der Waals surface area contributed by atoms with E-state index < -0.39 is 46.3 Å². The lowest BCUT2D eigenvalue weighted by Gasteiger charge is -2.49. The summed E-state index contributed by atoms with van der Waals surface area (Å²) in [5.41, 5.74) is 8.82. The second-order valence-electron chi connectivity index (χ2n) is 8.37. The number of hydrogen-bond donors (Lipinski definition) is 5. The number of carbonyl (C=O) groups excluding carboxylic acids is 3. The van der Waals surface area contributed by atoms with E-state index in [1.165, 1.54) is 35.7 Å². The number of aromatic amines is 1. The van der Waals surface area contributed by atoms with E-state index in [0.29, 0.717) is 0 Å². The van der Waals surface area contributed by atoms with Crippen molar-refractivity contribution >= 4 is 69.5 Å². The van der Waals surface area contributed by atoms with Crippen LogP contribution in [0.3, 0.4) is 0 Å². The van der Waals surface area contributed by atoms with Gasteiger partial charge in [-0.05, 0) is 17.1 Å². The largest absolute Gasteiger partial charge is 0.477 e. The van der Waals surface area contributed by atoms with E-state index >= 15 is 0 Å². The van der Waals surface area contributed by atoms with Crippen molar-refractivity contribution in [3.8, 4) is 0 Å². The number of allylic oxidation sites excluding steroid dienone is 1. The fraction of sp³-hybridized carbons (Fsp3) is 0.318. The SMILES string of the molecule is CON=C(C(=O)NC1C(=O)N2C(C(=O)O)=C(C=CSc3n[nH]c(=O)c(=O)n3CCOC(=O)CN)CSC12)c1csc(N)n1. The number of carboxylic acids is 1. The number of ether oxygens (including phenoxy) is 1. The minimum absolute atomic E-state index is 0.0293. The molecule has 1 saturated heterocycles. The molecule has 2 atom stereocenters. The third-order valence-corrected chi connectivity index (χ3v) is 8.53. The molecule has 0 bridgehead atoms. The molecule has 2 aromatic heterocycles. The van der Waals surface area contributed by atoms with E-state index in [2.05, 4.69) is 25.7 Å². The summed E-state index contributed by atoms with van der Waals surface area (Å²) in [5, 5.41) is 24.5. The van der Waals surface area contributed by atoms with Gasteiger partial charge in [0.05, 0.1) is 13.1 Å². The van der Waals surface area contributed by atoms with Crippen LogP contribution in [0.5, 0.6) is 0 Å². The zero-order valence-corrected chi connectivity index (χ0v) is 24.5. The third-order valence-electron chi connectivity index (χ3n) is 5.76. The summed E-state index contributed by atoms with van der Waals surface area (Å²) in [4.78, 5) is 83.3. The first-order valence-electron chi connectivity index (χ1n) is 12.0. The number of amides is 2. The number of hydrogen-bond acceptors (Lipinski definition) is 16. The Kier molecular flexibility index (Phi) is 10.0. The molecule has 2 aliphatic rings. The summed E-state index contributed by atoms with van der Waals surface area (Å²) in [5.74, 6) is -3.32. The average molecular weight is 654 g/mol. The highest BCUT2D eigenvalue weighted by Gasteiger charge is 2.54. The zero-order valence-electron chi connectivity index (χ0n) is 22.0. The molecule has 0 radical (unpaired) electrons. The maximum Gasteiger partial charge on any atom is 0.352 e. The molecule has 7 N–H and O–H groups in total. The summed E-state index contributed by atoms with van der Waals surface area (Å²) >= 11 is 3.18. The van der Waals surface area contributed by atoms with Crippen LogP contribution in [0.4, 0.5) is 5.13 Å². The summed E-state index contributed by atoms with van der Waals surface area (Å²) < 4.78 is 5.84. The second kappa shape index (κ2) is 13.7. The Labute approximate surface area is 253 Å². The second-order valence-corrected chi connectivity index (χ2v) is 11.2. The van der Waals surface area contributed by atoms with Crippen LogP contribution in [-0.4, -0.2) is 96.6 Å². The number of rotatable bonds is 12. The highest BCUT2D eigenvalue weighted by molar-refractivity contribution is 8.02. The summed E-state index contributed by atoms with van der Waals surface area (Å²) in [6.45, 7) is -0.777. The van der Waals surface area contributed by atoms with Gasteiger partial charge in [0.2, 0.25) is 0 Å². The summed E-state index contributed by atoms with van der Waals surface area (Å²) in [6, 6.07) is -1.04. The van der Waals surface area contributed by atoms with Gasteiger partial charge in [-0.15, -0.1) is 28.2 Å². The van der Waals surface area contributed by atoms with E-state index in [1.54, 1.807) is 0 Å². The number of aliphatic carboxylic acids is 1. The first-order chi connectivity index (χ1) is 20.6. The van der Waals surface area contributed by atoms with Gasteiger partial charge < -0.3 is 31.5 Å². The van der Waals surface area contributed by atoms with Gasteiger partial charge in [0.25, 0.3) is 11.8 Å². The molecular formula is C22H23N9O9S3. The lowest BCUT2D eigenvalue weighted by atomic mass is 10.0. The monoisotopic (exact) mass is 653 g/mol. The van der Waals surface area contributed by atoms with Gasteiger partial charge in [-0.1, -0.05) is 16.9 Å². The smallest absolute Gasteiger partial charge is 0.352 e. The molecule has 43 heavy (non-hydrogen) atoms. The Hall–Kier alpha value is -4.47. The molecule has 18 nitrogen and oxygen atoms in total. The van der Waals surface area contributed by atoms with E-state index in [4.69, 9.17) is 21.0 Å². The van der Waals surface area contributed by atoms with Gasteiger partial charge in [0.1, 0.15) is 36.5 Å². The molecule has 1 fully saturated rings. The van der Waals surface area contributed by atoms with Crippen LogP contribution in [0.1, 0.15) is 5.69 Å². The van der Waals surface area contributed by atoms with Crippen molar-refractivity contribution in [2.75, 3.05) is 31.7 Å². The van der Waals surface area contributed by atoms with Crippen molar-refractivity contribution in [3.05, 3.63) is 54.5 Å². The van der Waals surface area contributed by atoms with Crippen molar-refractivity contribution in [3.63, 3.8) is 0 Å². The van der Waals surface area contributed by atoms with Crippen LogP contribution < -0.4 is 27.9 Å². The van der Waals surface area contributed by atoms with E-state index in [-0.39, 0.29) is 58.4 Å². The van der Waals surface area contributed by atoms with Gasteiger partial charge in [0, 0.05) is 11.1 Å². The van der Waals surface area contributed by atoms with Crippen molar-refractivity contribution in [1.82, 2.24) is 30.0 Å². The molecule has 228 valence electrons. The quantitative estimate of drug-likeness (QED) is 0.0409. The maximum atomic E-state index is 13.0. The van der Waals surface area contributed by atoms with Crippen LogP contribution in [0.15, 0.2) is 48.0 Å². The van der Waals surface area contributed by atoms with Crippen LogP contribution in [-0.2, 0) is 35.3 Å². The average Bonchev–Trinajstić information content (AvgIpc) is 3.42. The van der Waals surface area contributed by atoms with Gasteiger partial charge in [0.15, 0.2) is 16.0 Å². The number of anilines is 1. The lowest BCUT2D eigenvalue weighted by Crippen LogP contribution is -2.71. The minimum atomic E-state index is -1.37. The highest BCUT2D eigenvalue weighted by atomic mass is 32.2. The Bertz CT molecular complexity index is 1660. The van der Waals surface area contributed by atoms with Crippen molar-refractivity contribution < 1.29 is 33.9 Å². The predicted octanol–water partition coefficient (Wildman–Crippen LogP) is -2.13. The number of thiazole rings is 1. The number of nitrogens with zero attached hydrogens (tertiary/aromatic N) is 5. The number of aromatic nitrogens is 4. The summed E-state index contributed by atoms with van der Waals surface area (Å²) in [6.07, 6.45) is 1.43. The molecule has 0 aliphatic carbocycles. The predicted molar refractivity (Wildman–Crippen MR) is 154 cm³/mol. The fourth-order valence-electron chi connectivity index (χ4n) is 3.86. The molecule has 0 saturated carbocycles. The number of β-lactam (4-membered cyclic amide) rings is 1.